The van der Waals surface area contributed by atoms with Gasteiger partial charge in [0.15, 0.2) is 5.82 Å². The van der Waals surface area contributed by atoms with Gasteiger partial charge in [-0.3, -0.25) is 4.79 Å². The highest BCUT2D eigenvalue weighted by Crippen LogP contribution is 2.27. The highest BCUT2D eigenvalue weighted by atomic mass is 32.1. The van der Waals surface area contributed by atoms with Crippen LogP contribution in [0.4, 0.5) is 0 Å². The van der Waals surface area contributed by atoms with Crippen molar-refractivity contribution in [3.63, 3.8) is 0 Å². The van der Waals surface area contributed by atoms with E-state index in [1.165, 1.54) is 35.1 Å². The molecule has 0 bridgehead atoms. The van der Waals surface area contributed by atoms with Crippen LogP contribution in [0.25, 0.3) is 39.4 Å². The summed E-state index contributed by atoms with van der Waals surface area (Å²) in [6.07, 6.45) is 9.50. The maximum Gasteiger partial charge on any atom is 0.291 e. The standard InChI is InChI=1S/C37H39N5O3S/c1-4-5-6-10-22-44-31-19-15-28(16-20-31)35-38-37-42(40-35)36(43)33(46-37)24-29-25-41(30-11-8-7-9-12-30)39-34(29)27-13-17-32(18-14-27)45-23-21-26(2)3/h7-9,11-20,24-26H,4-6,10,21-23H2,1-3H3. The van der Waals surface area contributed by atoms with Crippen molar-refractivity contribution in [1.82, 2.24) is 24.4 Å². The van der Waals surface area contributed by atoms with Crippen LogP contribution in [-0.2, 0) is 0 Å². The van der Waals surface area contributed by atoms with E-state index in [-0.39, 0.29) is 5.56 Å². The SMILES string of the molecule is CCCCCCOc1ccc(-c2nc3sc(=Cc4cn(-c5ccccc5)nc4-c4ccc(OCCC(C)C)cc4)c(=O)n3n2)cc1. The number of aromatic nitrogens is 5. The molecule has 0 aliphatic carbocycles. The van der Waals surface area contributed by atoms with Crippen molar-refractivity contribution in [1.29, 1.82) is 0 Å². The zero-order valence-electron chi connectivity index (χ0n) is 26.6. The van der Waals surface area contributed by atoms with Crippen LogP contribution in [0.3, 0.4) is 0 Å². The second-order valence-corrected chi connectivity index (χ2v) is 12.8. The fourth-order valence-corrected chi connectivity index (χ4v) is 5.97. The minimum Gasteiger partial charge on any atom is -0.494 e. The van der Waals surface area contributed by atoms with Crippen molar-refractivity contribution in [2.45, 2.75) is 52.9 Å². The van der Waals surface area contributed by atoms with Crippen molar-refractivity contribution in [2.75, 3.05) is 13.2 Å². The molecule has 0 saturated heterocycles. The Morgan fingerprint density at radius 3 is 2.20 bits per heavy atom. The Balaban J connectivity index is 1.27. The molecule has 0 aliphatic heterocycles. The molecule has 0 aliphatic rings. The average molecular weight is 634 g/mol. The van der Waals surface area contributed by atoms with Crippen LogP contribution in [0.15, 0.2) is 89.9 Å². The molecule has 3 aromatic heterocycles. The summed E-state index contributed by atoms with van der Waals surface area (Å²) in [6, 6.07) is 25.6. The molecule has 0 atom stereocenters. The topological polar surface area (TPSA) is 83.5 Å². The quantitative estimate of drug-likeness (QED) is 0.115. The second-order valence-electron chi connectivity index (χ2n) is 11.7. The number of unbranched alkanes of at least 4 members (excludes halogenated alkanes) is 3. The number of thiazole rings is 1. The number of hydrogen-bond donors (Lipinski definition) is 0. The molecule has 9 heteroatoms. The van der Waals surface area contributed by atoms with Gasteiger partial charge in [-0.1, -0.05) is 69.6 Å². The predicted molar refractivity (Wildman–Crippen MR) is 185 cm³/mol. The lowest BCUT2D eigenvalue weighted by molar-refractivity contribution is 0.289. The number of benzene rings is 3. The largest absolute Gasteiger partial charge is 0.494 e. The molecular formula is C37H39N5O3S. The van der Waals surface area contributed by atoms with Gasteiger partial charge in [-0.25, -0.2) is 4.68 Å². The molecule has 3 heterocycles. The molecule has 3 aromatic carbocycles. The first-order chi connectivity index (χ1) is 22.5. The van der Waals surface area contributed by atoms with Crippen molar-refractivity contribution >= 4 is 22.4 Å². The first-order valence-corrected chi connectivity index (χ1v) is 16.8. The smallest absolute Gasteiger partial charge is 0.291 e. The molecular weight excluding hydrogens is 595 g/mol. The van der Waals surface area contributed by atoms with Gasteiger partial charge in [-0.05, 0) is 85.5 Å². The first kappa shape index (κ1) is 31.2. The Bertz CT molecular complexity index is 1980. The van der Waals surface area contributed by atoms with E-state index in [0.717, 1.165) is 52.4 Å². The lowest BCUT2D eigenvalue weighted by Gasteiger charge is -2.08. The Morgan fingerprint density at radius 1 is 0.826 bits per heavy atom. The Hall–Kier alpha value is -4.76. The lowest BCUT2D eigenvalue weighted by Crippen LogP contribution is -2.23. The summed E-state index contributed by atoms with van der Waals surface area (Å²) in [7, 11) is 0. The molecule has 6 rings (SSSR count). The Kier molecular flexibility index (Phi) is 9.88. The summed E-state index contributed by atoms with van der Waals surface area (Å²) in [5.41, 5.74) is 4.08. The number of fused-ring (bicyclic) bond motifs is 1. The van der Waals surface area contributed by atoms with E-state index in [2.05, 4.69) is 30.9 Å². The monoisotopic (exact) mass is 633 g/mol. The summed E-state index contributed by atoms with van der Waals surface area (Å²) in [5, 5.41) is 9.48. The van der Waals surface area contributed by atoms with Crippen LogP contribution in [-0.4, -0.2) is 37.6 Å². The van der Waals surface area contributed by atoms with Gasteiger partial charge in [0.25, 0.3) is 5.56 Å². The molecule has 46 heavy (non-hydrogen) atoms. The maximum atomic E-state index is 13.5. The molecule has 6 aromatic rings. The van der Waals surface area contributed by atoms with Crippen LogP contribution >= 0.6 is 11.3 Å². The van der Waals surface area contributed by atoms with E-state index < -0.39 is 0 Å². The van der Waals surface area contributed by atoms with E-state index in [1.54, 1.807) is 0 Å². The van der Waals surface area contributed by atoms with Crippen molar-refractivity contribution in [3.05, 3.63) is 106 Å². The van der Waals surface area contributed by atoms with Gasteiger partial charge in [0.2, 0.25) is 4.96 Å². The minimum atomic E-state index is -0.210. The van der Waals surface area contributed by atoms with E-state index >= 15 is 0 Å². The van der Waals surface area contributed by atoms with Crippen molar-refractivity contribution in [2.24, 2.45) is 5.92 Å². The van der Waals surface area contributed by atoms with Gasteiger partial charge >= 0.3 is 0 Å². The fraction of sp³-hybridized carbons (Fsp3) is 0.297. The molecule has 0 N–H and O–H groups in total. The molecule has 0 fully saturated rings. The van der Waals surface area contributed by atoms with Crippen LogP contribution in [0.2, 0.25) is 0 Å². The predicted octanol–water partition coefficient (Wildman–Crippen LogP) is 7.60. The van der Waals surface area contributed by atoms with E-state index in [0.29, 0.717) is 34.4 Å². The second kappa shape index (κ2) is 14.6. The number of rotatable bonds is 14. The molecule has 8 nitrogen and oxygen atoms in total. The summed E-state index contributed by atoms with van der Waals surface area (Å²) in [6.45, 7) is 7.96. The third-order valence-corrected chi connectivity index (χ3v) is 8.66. The zero-order chi connectivity index (χ0) is 31.9. The number of hydrogen-bond acceptors (Lipinski definition) is 7. The fourth-order valence-electron chi connectivity index (χ4n) is 5.07. The highest BCUT2D eigenvalue weighted by Gasteiger charge is 2.15. The summed E-state index contributed by atoms with van der Waals surface area (Å²) in [5.74, 6) is 2.74. The summed E-state index contributed by atoms with van der Waals surface area (Å²) >= 11 is 1.32. The van der Waals surface area contributed by atoms with Gasteiger partial charge in [0.05, 0.1) is 23.4 Å². The van der Waals surface area contributed by atoms with E-state index in [4.69, 9.17) is 14.6 Å². The van der Waals surface area contributed by atoms with Crippen LogP contribution in [0, 0.1) is 5.92 Å². The van der Waals surface area contributed by atoms with Gasteiger partial charge < -0.3 is 9.47 Å². The molecule has 0 amide bonds. The third-order valence-electron chi connectivity index (χ3n) is 7.70. The molecule has 0 spiro atoms. The lowest BCUT2D eigenvalue weighted by atomic mass is 10.1. The van der Waals surface area contributed by atoms with Crippen LogP contribution in [0.5, 0.6) is 11.5 Å². The van der Waals surface area contributed by atoms with Gasteiger partial charge in [-0.15, -0.1) is 5.10 Å². The van der Waals surface area contributed by atoms with Gasteiger partial charge in [0.1, 0.15) is 17.2 Å². The normalized spacial score (nSPS) is 12.0. The first-order valence-electron chi connectivity index (χ1n) is 16.0. The number of ether oxygens (including phenoxy) is 2. The summed E-state index contributed by atoms with van der Waals surface area (Å²) in [4.78, 5) is 18.7. The van der Waals surface area contributed by atoms with Gasteiger partial charge in [0, 0.05) is 22.9 Å². The highest BCUT2D eigenvalue weighted by molar-refractivity contribution is 7.15. The number of nitrogens with zero attached hydrogens (tertiary/aromatic N) is 5. The number of para-hydroxylation sites is 1. The minimum absolute atomic E-state index is 0.210. The van der Waals surface area contributed by atoms with Crippen molar-refractivity contribution < 1.29 is 9.47 Å². The van der Waals surface area contributed by atoms with Gasteiger partial charge in [-0.2, -0.15) is 14.6 Å². The Morgan fingerprint density at radius 2 is 1.52 bits per heavy atom. The van der Waals surface area contributed by atoms with Crippen LogP contribution in [0.1, 0.15) is 58.4 Å². The molecule has 0 saturated carbocycles. The molecule has 236 valence electrons. The van der Waals surface area contributed by atoms with E-state index in [1.807, 2.05) is 95.8 Å². The maximum absolute atomic E-state index is 13.5. The van der Waals surface area contributed by atoms with Crippen LogP contribution < -0.4 is 19.6 Å². The summed E-state index contributed by atoms with van der Waals surface area (Å²) < 4.78 is 15.6. The van der Waals surface area contributed by atoms with Crippen molar-refractivity contribution in [3.8, 4) is 39.8 Å². The Labute approximate surface area is 273 Å². The average Bonchev–Trinajstić information content (AvgIpc) is 3.77. The molecule has 0 unspecified atom stereocenters. The molecule has 0 radical (unpaired) electrons. The third kappa shape index (κ3) is 7.37. The van der Waals surface area contributed by atoms with E-state index in [9.17, 15) is 4.79 Å². The zero-order valence-corrected chi connectivity index (χ0v) is 27.4.